The molecule has 3 aliphatic heterocycles. The topological polar surface area (TPSA) is 74.4 Å². The third-order valence-corrected chi connectivity index (χ3v) is 7.83. The van der Waals surface area contributed by atoms with E-state index in [1.165, 1.54) is 12.1 Å². The Morgan fingerprint density at radius 3 is 2.53 bits per heavy atom. The van der Waals surface area contributed by atoms with E-state index in [0.29, 0.717) is 18.7 Å². The number of fused-ring (bicyclic) bond motifs is 1. The number of nitriles is 1. The lowest BCUT2D eigenvalue weighted by Gasteiger charge is -2.34. The van der Waals surface area contributed by atoms with E-state index < -0.39 is 0 Å². The molecule has 1 aromatic heterocycles. The maximum absolute atomic E-state index is 13.2. The number of aromatic nitrogens is 2. The van der Waals surface area contributed by atoms with Crippen molar-refractivity contribution >= 4 is 11.6 Å². The summed E-state index contributed by atoms with van der Waals surface area (Å²) in [4.78, 5) is 17.5. The van der Waals surface area contributed by atoms with Crippen molar-refractivity contribution in [3.05, 3.63) is 71.5 Å². The van der Waals surface area contributed by atoms with Gasteiger partial charge in [-0.05, 0) is 73.1 Å². The predicted octanol–water partition coefficient (Wildman–Crippen LogP) is 4.88. The standard InChI is InChI=1S/C29H31N5O2/c30-16-21-4-5-24-18-33(19-25(24)15-21)29(35)23-10-12-32(13-11-23)27-8-6-22(7-9-27)26-17-31-34(20-26)28-3-1-2-14-36-28/h4-9,15,17,20,23,28H,1-3,10-14,18-19H2. The van der Waals surface area contributed by atoms with Crippen LogP contribution in [0.1, 0.15) is 55.0 Å². The van der Waals surface area contributed by atoms with Gasteiger partial charge in [0, 0.05) is 56.2 Å². The van der Waals surface area contributed by atoms with Gasteiger partial charge >= 0.3 is 0 Å². The molecule has 2 fully saturated rings. The highest BCUT2D eigenvalue weighted by Gasteiger charge is 2.32. The summed E-state index contributed by atoms with van der Waals surface area (Å²) in [6, 6.07) is 16.6. The van der Waals surface area contributed by atoms with Crippen LogP contribution < -0.4 is 4.90 Å². The number of rotatable bonds is 4. The number of carbonyl (C=O) groups excluding carboxylic acids is 1. The Morgan fingerprint density at radius 2 is 1.78 bits per heavy atom. The van der Waals surface area contributed by atoms with Gasteiger partial charge in [0.1, 0.15) is 6.23 Å². The summed E-state index contributed by atoms with van der Waals surface area (Å²) in [5.41, 5.74) is 6.39. The minimum atomic E-state index is 0.0560. The number of piperidine rings is 1. The first-order valence-corrected chi connectivity index (χ1v) is 13.0. The second kappa shape index (κ2) is 9.79. The number of carbonyl (C=O) groups is 1. The second-order valence-electron chi connectivity index (χ2n) is 10.1. The fraction of sp³-hybridized carbons (Fsp3) is 0.414. The first kappa shape index (κ1) is 22.8. The summed E-state index contributed by atoms with van der Waals surface area (Å²) in [5, 5.41) is 13.7. The first-order chi connectivity index (χ1) is 17.7. The Labute approximate surface area is 211 Å². The van der Waals surface area contributed by atoms with Crippen LogP contribution in [0.25, 0.3) is 11.1 Å². The largest absolute Gasteiger partial charge is 0.371 e. The maximum Gasteiger partial charge on any atom is 0.226 e. The molecule has 4 heterocycles. The van der Waals surface area contributed by atoms with Crippen molar-refractivity contribution in [2.75, 3.05) is 24.6 Å². The fourth-order valence-electron chi connectivity index (χ4n) is 5.70. The molecule has 1 atom stereocenters. The van der Waals surface area contributed by atoms with E-state index in [2.05, 4.69) is 46.5 Å². The summed E-state index contributed by atoms with van der Waals surface area (Å²) >= 11 is 0. The van der Waals surface area contributed by atoms with Crippen LogP contribution >= 0.6 is 0 Å². The van der Waals surface area contributed by atoms with E-state index in [1.807, 2.05) is 34.0 Å². The highest BCUT2D eigenvalue weighted by Crippen LogP contribution is 2.31. The molecule has 3 aromatic rings. The average Bonchev–Trinajstić information content (AvgIpc) is 3.61. The van der Waals surface area contributed by atoms with Gasteiger partial charge < -0.3 is 14.5 Å². The van der Waals surface area contributed by atoms with Crippen LogP contribution in [-0.2, 0) is 22.6 Å². The van der Waals surface area contributed by atoms with Crippen LogP contribution in [0.4, 0.5) is 5.69 Å². The lowest BCUT2D eigenvalue weighted by atomic mass is 9.94. The molecular formula is C29H31N5O2. The SMILES string of the molecule is N#Cc1ccc2c(c1)CN(C(=O)C1CCN(c3ccc(-c4cnn(C5CCCCO5)c4)cc3)CC1)C2. The van der Waals surface area contributed by atoms with Gasteiger partial charge in [-0.1, -0.05) is 18.2 Å². The van der Waals surface area contributed by atoms with Crippen molar-refractivity contribution in [2.24, 2.45) is 5.92 Å². The summed E-state index contributed by atoms with van der Waals surface area (Å²) in [6.45, 7) is 3.85. The molecule has 36 heavy (non-hydrogen) atoms. The number of anilines is 1. The molecule has 0 saturated carbocycles. The van der Waals surface area contributed by atoms with Crippen molar-refractivity contribution in [1.29, 1.82) is 5.26 Å². The molecule has 6 rings (SSSR count). The Balaban J connectivity index is 1.04. The minimum Gasteiger partial charge on any atom is -0.371 e. The average molecular weight is 482 g/mol. The molecule has 3 aliphatic rings. The van der Waals surface area contributed by atoms with Crippen LogP contribution in [0.15, 0.2) is 54.9 Å². The molecular weight excluding hydrogens is 450 g/mol. The molecule has 0 spiro atoms. The van der Waals surface area contributed by atoms with Gasteiger partial charge in [-0.25, -0.2) is 4.68 Å². The number of nitrogens with zero attached hydrogens (tertiary/aromatic N) is 5. The zero-order valence-corrected chi connectivity index (χ0v) is 20.5. The van der Waals surface area contributed by atoms with Crippen molar-refractivity contribution in [2.45, 2.75) is 51.4 Å². The number of hydrogen-bond acceptors (Lipinski definition) is 5. The smallest absolute Gasteiger partial charge is 0.226 e. The summed E-state index contributed by atoms with van der Waals surface area (Å²) in [5.74, 6) is 0.316. The fourth-order valence-corrected chi connectivity index (χ4v) is 5.70. The Hall–Kier alpha value is -3.63. The molecule has 7 heteroatoms. The monoisotopic (exact) mass is 481 g/mol. The van der Waals surface area contributed by atoms with E-state index in [-0.39, 0.29) is 18.1 Å². The van der Waals surface area contributed by atoms with E-state index in [0.717, 1.165) is 67.6 Å². The third-order valence-electron chi connectivity index (χ3n) is 7.83. The third kappa shape index (κ3) is 4.49. The number of amides is 1. The predicted molar refractivity (Wildman–Crippen MR) is 137 cm³/mol. The summed E-state index contributed by atoms with van der Waals surface area (Å²) in [6.07, 6.45) is 9.13. The van der Waals surface area contributed by atoms with Crippen LogP contribution in [0.2, 0.25) is 0 Å². The lowest BCUT2D eigenvalue weighted by molar-refractivity contribution is -0.136. The minimum absolute atomic E-state index is 0.0560. The lowest BCUT2D eigenvalue weighted by Crippen LogP contribution is -2.41. The normalized spacial score (nSPS) is 20.2. The van der Waals surface area contributed by atoms with Gasteiger partial charge in [0.2, 0.25) is 5.91 Å². The molecule has 1 unspecified atom stereocenters. The molecule has 0 aliphatic carbocycles. The van der Waals surface area contributed by atoms with Crippen LogP contribution in [-0.4, -0.2) is 40.3 Å². The van der Waals surface area contributed by atoms with Gasteiger partial charge in [0.25, 0.3) is 0 Å². The molecule has 7 nitrogen and oxygen atoms in total. The van der Waals surface area contributed by atoms with E-state index in [9.17, 15) is 4.79 Å². The van der Waals surface area contributed by atoms with E-state index in [4.69, 9.17) is 10.00 Å². The second-order valence-corrected chi connectivity index (χ2v) is 10.1. The van der Waals surface area contributed by atoms with Crippen LogP contribution in [0.3, 0.4) is 0 Å². The van der Waals surface area contributed by atoms with Crippen LogP contribution in [0.5, 0.6) is 0 Å². The highest BCUT2D eigenvalue weighted by molar-refractivity contribution is 5.80. The number of ether oxygens (including phenoxy) is 1. The van der Waals surface area contributed by atoms with Crippen molar-refractivity contribution in [3.8, 4) is 17.2 Å². The van der Waals surface area contributed by atoms with Gasteiger partial charge in [0.05, 0.1) is 17.8 Å². The van der Waals surface area contributed by atoms with Crippen molar-refractivity contribution in [3.63, 3.8) is 0 Å². The Morgan fingerprint density at radius 1 is 0.972 bits per heavy atom. The highest BCUT2D eigenvalue weighted by atomic mass is 16.5. The quantitative estimate of drug-likeness (QED) is 0.531. The molecule has 2 saturated heterocycles. The zero-order valence-electron chi connectivity index (χ0n) is 20.5. The molecule has 1 amide bonds. The first-order valence-electron chi connectivity index (χ1n) is 13.0. The van der Waals surface area contributed by atoms with Gasteiger partial charge in [0.15, 0.2) is 0 Å². The maximum atomic E-state index is 13.2. The molecule has 0 bridgehead atoms. The Bertz CT molecular complexity index is 1280. The summed E-state index contributed by atoms with van der Waals surface area (Å²) < 4.78 is 7.80. The number of benzene rings is 2. The van der Waals surface area contributed by atoms with Gasteiger partial charge in [-0.2, -0.15) is 10.4 Å². The van der Waals surface area contributed by atoms with Gasteiger partial charge in [-0.3, -0.25) is 4.79 Å². The van der Waals surface area contributed by atoms with E-state index in [1.54, 1.807) is 0 Å². The molecule has 184 valence electrons. The van der Waals surface area contributed by atoms with Crippen molar-refractivity contribution < 1.29 is 9.53 Å². The van der Waals surface area contributed by atoms with Gasteiger partial charge in [-0.15, -0.1) is 0 Å². The van der Waals surface area contributed by atoms with Crippen molar-refractivity contribution in [1.82, 2.24) is 14.7 Å². The van der Waals surface area contributed by atoms with E-state index >= 15 is 0 Å². The Kier molecular flexibility index (Phi) is 6.20. The summed E-state index contributed by atoms with van der Waals surface area (Å²) in [7, 11) is 0. The zero-order chi connectivity index (χ0) is 24.5. The van der Waals surface area contributed by atoms with Crippen LogP contribution in [0, 0.1) is 17.2 Å². The number of hydrogen-bond donors (Lipinski definition) is 0. The molecule has 2 aromatic carbocycles. The molecule has 0 radical (unpaired) electrons. The molecule has 0 N–H and O–H groups in total.